The summed E-state index contributed by atoms with van der Waals surface area (Å²) in [6, 6.07) is 24.8. The molecule has 0 aliphatic rings. The predicted octanol–water partition coefficient (Wildman–Crippen LogP) is 4.79. The molecule has 0 fully saturated rings. The molecule has 0 amide bonds. The number of aliphatic hydroxyl groups is 1. The average molecular weight is 365 g/mol. The van der Waals surface area contributed by atoms with E-state index in [9.17, 15) is 5.11 Å². The predicted molar refractivity (Wildman–Crippen MR) is 112 cm³/mol. The normalized spacial score (nSPS) is 11.3. The van der Waals surface area contributed by atoms with Crippen molar-refractivity contribution in [3.05, 3.63) is 96.4 Å². The molecule has 0 atom stereocenters. The van der Waals surface area contributed by atoms with Crippen LogP contribution in [0.4, 0.5) is 0 Å². The molecule has 28 heavy (non-hydrogen) atoms. The lowest BCUT2D eigenvalue weighted by atomic mass is 10.1. The average Bonchev–Trinajstić information content (AvgIpc) is 3.08. The number of nitrogens with zero attached hydrogens (tertiary/aromatic N) is 3. The van der Waals surface area contributed by atoms with Crippen LogP contribution in [0.2, 0.25) is 0 Å². The van der Waals surface area contributed by atoms with E-state index in [1.54, 1.807) is 6.20 Å². The van der Waals surface area contributed by atoms with Gasteiger partial charge in [0.2, 0.25) is 0 Å². The van der Waals surface area contributed by atoms with Crippen LogP contribution in [0.1, 0.15) is 11.3 Å². The maximum atomic E-state index is 9.80. The van der Waals surface area contributed by atoms with Crippen molar-refractivity contribution < 1.29 is 5.11 Å². The zero-order chi connectivity index (χ0) is 18.9. The van der Waals surface area contributed by atoms with E-state index in [4.69, 9.17) is 4.98 Å². The van der Waals surface area contributed by atoms with Gasteiger partial charge in [-0.1, -0.05) is 48.5 Å². The maximum absolute atomic E-state index is 9.80. The standard InChI is InChI=1S/C24H19N3O/c28-16-19-13-21-20-10-4-5-11-22(20)27(15-17-7-2-1-3-8-17)24(21)23(26-19)18-9-6-12-25-14-18/h1-14,28H,15-16H2. The van der Waals surface area contributed by atoms with E-state index in [0.717, 1.165) is 39.6 Å². The minimum atomic E-state index is -0.0958. The van der Waals surface area contributed by atoms with E-state index in [-0.39, 0.29) is 6.61 Å². The van der Waals surface area contributed by atoms with Crippen molar-refractivity contribution in [2.24, 2.45) is 0 Å². The molecule has 1 N–H and O–H groups in total. The van der Waals surface area contributed by atoms with Gasteiger partial charge >= 0.3 is 0 Å². The summed E-state index contributed by atoms with van der Waals surface area (Å²) in [4.78, 5) is 9.06. The number of fused-ring (bicyclic) bond motifs is 3. The van der Waals surface area contributed by atoms with Gasteiger partial charge in [0.25, 0.3) is 0 Å². The molecule has 0 aliphatic heterocycles. The molecule has 0 unspecified atom stereocenters. The van der Waals surface area contributed by atoms with Crippen molar-refractivity contribution in [2.75, 3.05) is 0 Å². The van der Waals surface area contributed by atoms with Crippen LogP contribution in [0.25, 0.3) is 33.1 Å². The third kappa shape index (κ3) is 2.75. The molecule has 0 saturated heterocycles. The summed E-state index contributed by atoms with van der Waals surface area (Å²) >= 11 is 0. The van der Waals surface area contributed by atoms with Crippen molar-refractivity contribution in [2.45, 2.75) is 13.2 Å². The summed E-state index contributed by atoms with van der Waals surface area (Å²) in [5.41, 5.74) is 5.91. The Morgan fingerprint density at radius 1 is 0.857 bits per heavy atom. The molecule has 5 aromatic rings. The van der Waals surface area contributed by atoms with Gasteiger partial charge in [-0.15, -0.1) is 0 Å². The van der Waals surface area contributed by atoms with Gasteiger partial charge in [-0.3, -0.25) is 4.98 Å². The summed E-state index contributed by atoms with van der Waals surface area (Å²) in [7, 11) is 0. The molecule has 0 saturated carbocycles. The fourth-order valence-corrected chi connectivity index (χ4v) is 3.84. The Balaban J connectivity index is 1.88. The van der Waals surface area contributed by atoms with Crippen LogP contribution in [0, 0.1) is 0 Å². The van der Waals surface area contributed by atoms with Crippen molar-refractivity contribution in [3.63, 3.8) is 0 Å². The number of rotatable bonds is 4. The monoisotopic (exact) mass is 365 g/mol. The number of para-hydroxylation sites is 1. The van der Waals surface area contributed by atoms with Crippen LogP contribution in [0.3, 0.4) is 0 Å². The first-order valence-electron chi connectivity index (χ1n) is 9.31. The Labute approximate surface area is 162 Å². The third-order valence-electron chi connectivity index (χ3n) is 5.08. The molecule has 136 valence electrons. The van der Waals surface area contributed by atoms with E-state index < -0.39 is 0 Å². The second-order valence-corrected chi connectivity index (χ2v) is 6.85. The van der Waals surface area contributed by atoms with Crippen molar-refractivity contribution in [3.8, 4) is 11.3 Å². The molecule has 4 nitrogen and oxygen atoms in total. The topological polar surface area (TPSA) is 50.9 Å². The zero-order valence-corrected chi connectivity index (χ0v) is 15.3. The second kappa shape index (κ2) is 6.91. The molecule has 3 heterocycles. The molecule has 0 aliphatic carbocycles. The summed E-state index contributed by atoms with van der Waals surface area (Å²) < 4.78 is 2.32. The lowest BCUT2D eigenvalue weighted by Gasteiger charge is -2.12. The zero-order valence-electron chi connectivity index (χ0n) is 15.3. The summed E-state index contributed by atoms with van der Waals surface area (Å²) in [5, 5.41) is 12.1. The van der Waals surface area contributed by atoms with Gasteiger partial charge in [0.1, 0.15) is 0 Å². The van der Waals surface area contributed by atoms with Gasteiger partial charge in [0.15, 0.2) is 0 Å². The van der Waals surface area contributed by atoms with Crippen molar-refractivity contribution in [1.29, 1.82) is 0 Å². The largest absolute Gasteiger partial charge is 0.390 e. The first-order chi connectivity index (χ1) is 13.8. The smallest absolute Gasteiger partial charge is 0.0965 e. The quantitative estimate of drug-likeness (QED) is 0.498. The van der Waals surface area contributed by atoms with Crippen LogP contribution >= 0.6 is 0 Å². The van der Waals surface area contributed by atoms with E-state index >= 15 is 0 Å². The van der Waals surface area contributed by atoms with Gasteiger partial charge in [-0.05, 0) is 29.8 Å². The highest BCUT2D eigenvalue weighted by Gasteiger charge is 2.18. The molecular formula is C24H19N3O. The Morgan fingerprint density at radius 2 is 1.68 bits per heavy atom. The maximum Gasteiger partial charge on any atom is 0.0965 e. The summed E-state index contributed by atoms with van der Waals surface area (Å²) in [5.74, 6) is 0. The first-order valence-corrected chi connectivity index (χ1v) is 9.31. The molecule has 0 radical (unpaired) electrons. The number of benzene rings is 2. The fourth-order valence-electron chi connectivity index (χ4n) is 3.84. The molecule has 5 rings (SSSR count). The van der Waals surface area contributed by atoms with Gasteiger partial charge in [0, 0.05) is 40.8 Å². The Bertz CT molecular complexity index is 1260. The highest BCUT2D eigenvalue weighted by atomic mass is 16.3. The van der Waals surface area contributed by atoms with Crippen molar-refractivity contribution >= 4 is 21.8 Å². The Kier molecular flexibility index (Phi) is 4.11. The first kappa shape index (κ1) is 16.7. The molecule has 0 bridgehead atoms. The van der Waals surface area contributed by atoms with Crippen LogP contribution in [-0.2, 0) is 13.2 Å². The Morgan fingerprint density at radius 3 is 2.46 bits per heavy atom. The van der Waals surface area contributed by atoms with Crippen LogP contribution in [-0.4, -0.2) is 19.6 Å². The minimum absolute atomic E-state index is 0.0958. The molecular weight excluding hydrogens is 346 g/mol. The molecule has 0 spiro atoms. The molecule has 3 aromatic heterocycles. The Hall–Kier alpha value is -3.50. The third-order valence-corrected chi connectivity index (χ3v) is 5.08. The van der Waals surface area contributed by atoms with E-state index in [1.807, 2.05) is 30.5 Å². The molecule has 2 aromatic carbocycles. The van der Waals surface area contributed by atoms with E-state index in [0.29, 0.717) is 5.69 Å². The van der Waals surface area contributed by atoms with Crippen LogP contribution < -0.4 is 0 Å². The van der Waals surface area contributed by atoms with Gasteiger partial charge < -0.3 is 9.67 Å². The minimum Gasteiger partial charge on any atom is -0.390 e. The lowest BCUT2D eigenvalue weighted by Crippen LogP contribution is -2.02. The van der Waals surface area contributed by atoms with Gasteiger partial charge in [-0.2, -0.15) is 0 Å². The van der Waals surface area contributed by atoms with Gasteiger partial charge in [-0.25, -0.2) is 4.98 Å². The lowest BCUT2D eigenvalue weighted by molar-refractivity contribution is 0.277. The number of hydrogen-bond donors (Lipinski definition) is 1. The molecule has 4 heteroatoms. The van der Waals surface area contributed by atoms with Crippen LogP contribution in [0.5, 0.6) is 0 Å². The summed E-state index contributed by atoms with van der Waals surface area (Å²) in [6.07, 6.45) is 3.59. The van der Waals surface area contributed by atoms with Crippen molar-refractivity contribution in [1.82, 2.24) is 14.5 Å². The number of aliphatic hydroxyl groups excluding tert-OH is 1. The van der Waals surface area contributed by atoms with E-state index in [2.05, 4.69) is 58.1 Å². The number of aromatic nitrogens is 3. The highest BCUT2D eigenvalue weighted by Crippen LogP contribution is 2.35. The number of hydrogen-bond acceptors (Lipinski definition) is 3. The van der Waals surface area contributed by atoms with E-state index in [1.165, 1.54) is 5.56 Å². The van der Waals surface area contributed by atoms with Crippen LogP contribution in [0.15, 0.2) is 85.2 Å². The fraction of sp³-hybridized carbons (Fsp3) is 0.0833. The second-order valence-electron chi connectivity index (χ2n) is 6.85. The SMILES string of the molecule is OCc1cc2c3ccccc3n(Cc3ccccc3)c2c(-c2cccnc2)n1. The number of pyridine rings is 2. The van der Waals surface area contributed by atoms with Gasteiger partial charge in [0.05, 0.1) is 23.5 Å². The highest BCUT2D eigenvalue weighted by molar-refractivity contribution is 6.12. The summed E-state index contributed by atoms with van der Waals surface area (Å²) in [6.45, 7) is 0.652.